The Balaban J connectivity index is 1.31. The van der Waals surface area contributed by atoms with E-state index in [0.717, 1.165) is 56.2 Å². The smallest absolute Gasteiger partial charge is 0.253 e. The average molecular weight is 389 g/mol. The summed E-state index contributed by atoms with van der Waals surface area (Å²) in [5, 5.41) is 0. The van der Waals surface area contributed by atoms with E-state index in [1.807, 2.05) is 53.7 Å². The predicted octanol–water partition coefficient (Wildman–Crippen LogP) is 3.62. The van der Waals surface area contributed by atoms with Crippen molar-refractivity contribution >= 4 is 5.91 Å². The first kappa shape index (κ1) is 19.4. The van der Waals surface area contributed by atoms with Crippen LogP contribution >= 0.6 is 0 Å². The van der Waals surface area contributed by atoms with E-state index in [2.05, 4.69) is 40.4 Å². The lowest BCUT2D eigenvalue weighted by Crippen LogP contribution is -2.49. The Morgan fingerprint density at radius 3 is 2.41 bits per heavy atom. The lowest BCUT2D eigenvalue weighted by molar-refractivity contribution is 0.0633. The number of carbonyl (C=O) groups is 1. The molecule has 2 heterocycles. The van der Waals surface area contributed by atoms with Crippen molar-refractivity contribution in [3.05, 3.63) is 77.6 Å². The van der Waals surface area contributed by atoms with Gasteiger partial charge in [0.15, 0.2) is 0 Å². The fourth-order valence-electron chi connectivity index (χ4n) is 3.82. The van der Waals surface area contributed by atoms with Gasteiger partial charge in [0.25, 0.3) is 5.91 Å². The molecule has 3 aromatic rings. The lowest BCUT2D eigenvalue weighted by Gasteiger charge is -2.35. The predicted molar refractivity (Wildman–Crippen MR) is 116 cm³/mol. The molecule has 1 fully saturated rings. The van der Waals surface area contributed by atoms with Crippen LogP contribution < -0.4 is 0 Å². The van der Waals surface area contributed by atoms with Crippen LogP contribution in [-0.4, -0.2) is 58.0 Å². The van der Waals surface area contributed by atoms with Crippen LogP contribution in [0.4, 0.5) is 0 Å². The highest BCUT2D eigenvalue weighted by Crippen LogP contribution is 2.17. The summed E-state index contributed by atoms with van der Waals surface area (Å²) >= 11 is 0. The van der Waals surface area contributed by atoms with Gasteiger partial charge < -0.3 is 9.47 Å². The monoisotopic (exact) mass is 388 g/mol. The largest absolute Gasteiger partial charge is 0.336 e. The molecule has 0 radical (unpaired) electrons. The van der Waals surface area contributed by atoms with Crippen LogP contribution in [-0.2, 0) is 6.54 Å². The van der Waals surface area contributed by atoms with Crippen LogP contribution in [0, 0.1) is 13.8 Å². The highest BCUT2D eigenvalue weighted by molar-refractivity contribution is 5.94. The molecule has 5 nitrogen and oxygen atoms in total. The van der Waals surface area contributed by atoms with Gasteiger partial charge in [0.05, 0.1) is 0 Å². The highest BCUT2D eigenvalue weighted by atomic mass is 16.2. The van der Waals surface area contributed by atoms with E-state index in [0.29, 0.717) is 0 Å². The van der Waals surface area contributed by atoms with Gasteiger partial charge in [-0.05, 0) is 37.1 Å². The van der Waals surface area contributed by atoms with Gasteiger partial charge in [0.2, 0.25) is 0 Å². The van der Waals surface area contributed by atoms with E-state index in [4.69, 9.17) is 0 Å². The van der Waals surface area contributed by atoms with E-state index in [-0.39, 0.29) is 5.91 Å². The minimum atomic E-state index is 0.147. The Hall–Kier alpha value is -2.92. The van der Waals surface area contributed by atoms with Crippen LogP contribution in [0.15, 0.2) is 60.9 Å². The Kier molecular flexibility index (Phi) is 5.76. The molecule has 0 unspecified atom stereocenters. The standard InChI is InChI=1S/C24H28N4O/c1-19-8-9-22(18-20(19)2)24(29)28-16-13-26(14-17-28)12-15-27-11-10-25-23(27)21-6-4-3-5-7-21/h3-11,18H,12-17H2,1-2H3. The molecule has 29 heavy (non-hydrogen) atoms. The Morgan fingerprint density at radius 2 is 1.69 bits per heavy atom. The molecular weight excluding hydrogens is 360 g/mol. The van der Waals surface area contributed by atoms with Crippen LogP contribution in [0.1, 0.15) is 21.5 Å². The summed E-state index contributed by atoms with van der Waals surface area (Å²) in [5.74, 6) is 1.16. The zero-order chi connectivity index (χ0) is 20.2. The number of hydrogen-bond acceptors (Lipinski definition) is 3. The lowest BCUT2D eigenvalue weighted by atomic mass is 10.1. The molecule has 0 saturated carbocycles. The van der Waals surface area contributed by atoms with Crippen molar-refractivity contribution in [2.75, 3.05) is 32.7 Å². The van der Waals surface area contributed by atoms with Gasteiger partial charge in [-0.3, -0.25) is 9.69 Å². The van der Waals surface area contributed by atoms with Crippen molar-refractivity contribution in [2.24, 2.45) is 0 Å². The van der Waals surface area contributed by atoms with Gasteiger partial charge in [0.1, 0.15) is 5.82 Å². The van der Waals surface area contributed by atoms with Gasteiger partial charge in [-0.1, -0.05) is 36.4 Å². The molecule has 1 aliphatic rings. The third-order valence-corrected chi connectivity index (χ3v) is 5.82. The first-order valence-electron chi connectivity index (χ1n) is 10.3. The number of aryl methyl sites for hydroxylation is 2. The van der Waals surface area contributed by atoms with Crippen LogP contribution in [0.2, 0.25) is 0 Å². The number of amides is 1. The highest BCUT2D eigenvalue weighted by Gasteiger charge is 2.22. The number of imidazole rings is 1. The van der Waals surface area contributed by atoms with E-state index < -0.39 is 0 Å². The van der Waals surface area contributed by atoms with E-state index in [9.17, 15) is 4.79 Å². The second-order valence-electron chi connectivity index (χ2n) is 7.74. The first-order chi connectivity index (χ1) is 14.1. The van der Waals surface area contributed by atoms with Gasteiger partial charge in [0, 0.05) is 62.8 Å². The third-order valence-electron chi connectivity index (χ3n) is 5.82. The molecule has 2 aromatic carbocycles. The zero-order valence-corrected chi connectivity index (χ0v) is 17.2. The van der Waals surface area contributed by atoms with E-state index in [1.54, 1.807) is 0 Å². The molecule has 1 amide bonds. The third kappa shape index (κ3) is 4.40. The molecule has 150 valence electrons. The number of benzene rings is 2. The van der Waals surface area contributed by atoms with Crippen molar-refractivity contribution in [3.63, 3.8) is 0 Å². The quantitative estimate of drug-likeness (QED) is 0.670. The molecule has 1 aliphatic heterocycles. The van der Waals surface area contributed by atoms with Gasteiger partial charge >= 0.3 is 0 Å². The van der Waals surface area contributed by atoms with Crippen molar-refractivity contribution in [1.82, 2.24) is 19.4 Å². The molecule has 0 spiro atoms. The van der Waals surface area contributed by atoms with Crippen molar-refractivity contribution in [3.8, 4) is 11.4 Å². The molecule has 0 atom stereocenters. The van der Waals surface area contributed by atoms with Crippen molar-refractivity contribution in [2.45, 2.75) is 20.4 Å². The molecule has 4 rings (SSSR count). The summed E-state index contributed by atoms with van der Waals surface area (Å²) in [6, 6.07) is 16.3. The molecule has 1 aromatic heterocycles. The first-order valence-corrected chi connectivity index (χ1v) is 10.3. The Morgan fingerprint density at radius 1 is 0.931 bits per heavy atom. The number of hydrogen-bond donors (Lipinski definition) is 0. The zero-order valence-electron chi connectivity index (χ0n) is 17.2. The maximum atomic E-state index is 12.8. The SMILES string of the molecule is Cc1ccc(C(=O)N2CCN(CCn3ccnc3-c3ccccc3)CC2)cc1C. The summed E-state index contributed by atoms with van der Waals surface area (Å²) in [4.78, 5) is 21.7. The maximum Gasteiger partial charge on any atom is 0.253 e. The number of piperazine rings is 1. The van der Waals surface area contributed by atoms with Crippen molar-refractivity contribution in [1.29, 1.82) is 0 Å². The molecule has 0 aliphatic carbocycles. The summed E-state index contributed by atoms with van der Waals surface area (Å²) in [5.41, 5.74) is 4.33. The van der Waals surface area contributed by atoms with Gasteiger partial charge in [-0.25, -0.2) is 4.98 Å². The fourth-order valence-corrected chi connectivity index (χ4v) is 3.82. The second kappa shape index (κ2) is 8.62. The van der Waals surface area contributed by atoms with E-state index in [1.165, 1.54) is 11.1 Å². The maximum absolute atomic E-state index is 12.8. The minimum absolute atomic E-state index is 0.147. The number of carbonyl (C=O) groups excluding carboxylic acids is 1. The molecule has 5 heteroatoms. The summed E-state index contributed by atoms with van der Waals surface area (Å²) in [6.45, 7) is 9.37. The topological polar surface area (TPSA) is 41.4 Å². The number of nitrogens with zero attached hydrogens (tertiary/aromatic N) is 4. The van der Waals surface area contributed by atoms with Crippen LogP contribution in [0.25, 0.3) is 11.4 Å². The fraction of sp³-hybridized carbons (Fsp3) is 0.333. The number of rotatable bonds is 5. The van der Waals surface area contributed by atoms with Gasteiger partial charge in [-0.15, -0.1) is 0 Å². The molecule has 0 bridgehead atoms. The summed E-state index contributed by atoms with van der Waals surface area (Å²) in [6.07, 6.45) is 3.91. The Bertz CT molecular complexity index is 972. The molecule has 1 saturated heterocycles. The molecular formula is C24H28N4O. The van der Waals surface area contributed by atoms with Gasteiger partial charge in [-0.2, -0.15) is 0 Å². The minimum Gasteiger partial charge on any atom is -0.336 e. The van der Waals surface area contributed by atoms with Crippen LogP contribution in [0.5, 0.6) is 0 Å². The number of aromatic nitrogens is 2. The second-order valence-corrected chi connectivity index (χ2v) is 7.74. The summed E-state index contributed by atoms with van der Waals surface area (Å²) in [7, 11) is 0. The molecule has 0 N–H and O–H groups in total. The average Bonchev–Trinajstić information content (AvgIpc) is 3.23. The Labute approximate surface area is 172 Å². The van der Waals surface area contributed by atoms with Crippen molar-refractivity contribution < 1.29 is 4.79 Å². The summed E-state index contributed by atoms with van der Waals surface area (Å²) < 4.78 is 2.21. The normalized spacial score (nSPS) is 14.9. The van der Waals surface area contributed by atoms with E-state index >= 15 is 0 Å². The van der Waals surface area contributed by atoms with Crippen LogP contribution in [0.3, 0.4) is 0 Å².